The van der Waals surface area contributed by atoms with Gasteiger partial charge in [-0.05, 0) is 158 Å². The minimum Gasteiger partial charge on any atom is -0.481 e. The molecule has 9 atom stereocenters. The van der Waals surface area contributed by atoms with Crippen LogP contribution in [0.3, 0.4) is 0 Å². The molecule has 0 amide bonds. The largest absolute Gasteiger partial charge is 0.481 e. The van der Waals surface area contributed by atoms with Crippen LogP contribution >= 0.6 is 11.6 Å². The number of allylic oxidation sites excluding steroid dienone is 5. The molecule has 6 aliphatic rings. The molecule has 2 N–H and O–H groups in total. The Morgan fingerprint density at radius 1 is 0.911 bits per heavy atom. The van der Waals surface area contributed by atoms with Gasteiger partial charge in [0.25, 0.3) is 0 Å². The van der Waals surface area contributed by atoms with E-state index in [-0.39, 0.29) is 39.3 Å². The van der Waals surface area contributed by atoms with Gasteiger partial charge in [-0.15, -0.1) is 0 Å². The molecule has 0 aromatic heterocycles. The van der Waals surface area contributed by atoms with Crippen molar-refractivity contribution in [2.75, 3.05) is 33.7 Å². The number of carbonyl (C=O) groups excluding carboxylic acids is 1. The van der Waals surface area contributed by atoms with E-state index in [2.05, 4.69) is 96.6 Å². The van der Waals surface area contributed by atoms with Gasteiger partial charge in [-0.2, -0.15) is 0 Å². The van der Waals surface area contributed by atoms with Gasteiger partial charge in [0.15, 0.2) is 5.78 Å². The van der Waals surface area contributed by atoms with E-state index < -0.39 is 17.5 Å². The second-order valence-electron chi connectivity index (χ2n) is 21.1. The molecular weight excluding hydrogens is 716 g/mol. The lowest BCUT2D eigenvalue weighted by Gasteiger charge is -2.71. The predicted molar refractivity (Wildman–Crippen MR) is 227 cm³/mol. The summed E-state index contributed by atoms with van der Waals surface area (Å²) in [7, 11) is 4.20. The van der Waals surface area contributed by atoms with Gasteiger partial charge in [0.2, 0.25) is 0 Å². The number of aliphatic carboxylic acids is 1. The summed E-state index contributed by atoms with van der Waals surface area (Å²) >= 11 is 6.25. The Bertz CT molecular complexity index is 1790. The molecule has 56 heavy (non-hydrogen) atoms. The number of fused-ring (bicyclic) bond motifs is 7. The number of halogens is 1. The number of carboxylic acids is 1. The number of hydrogen-bond donors (Lipinski definition) is 2. The van der Waals surface area contributed by atoms with E-state index in [0.717, 1.165) is 75.2 Å². The molecule has 308 valence electrons. The smallest absolute Gasteiger partial charge is 0.306 e. The highest BCUT2D eigenvalue weighted by atomic mass is 35.5. The fourth-order valence-corrected chi connectivity index (χ4v) is 14.5. The monoisotopic (exact) mass is 787 g/mol. The van der Waals surface area contributed by atoms with Crippen LogP contribution in [-0.2, 0) is 16.1 Å². The first-order chi connectivity index (χ1) is 26.3. The van der Waals surface area contributed by atoms with E-state index >= 15 is 0 Å². The molecule has 0 heterocycles. The molecule has 0 bridgehead atoms. The van der Waals surface area contributed by atoms with E-state index in [1.807, 2.05) is 12.1 Å². The second kappa shape index (κ2) is 15.1. The van der Waals surface area contributed by atoms with Crippen molar-refractivity contribution < 1.29 is 19.8 Å². The summed E-state index contributed by atoms with van der Waals surface area (Å²) < 4.78 is 0. The molecule has 0 aliphatic heterocycles. The number of Topliss-reactive ketones (excluding diaryl/α,β-unsaturated/α-hetero) is 1. The molecule has 0 spiro atoms. The third-order valence-electron chi connectivity index (χ3n) is 17.4. The number of likely N-dealkylation sites (N-methyl/N-ethyl adjacent to an activating group) is 1. The number of nitrogens with zero attached hydrogens (tertiary/aromatic N) is 2. The SMILES string of the molecule is CC(C)C1=C2[C@H]3CC[C@@H]4[C@@]5(C)CC=C(C6=CCC(C(=O)O)CC6)C(C)(C)[C@@H]5CC[C@@]4(C)[C@]3(C)CC[C@@]2([C@@H](O)CN(CCN(C)C)Cc2ccc(Cl)cc2)CC1=O. The molecule has 0 radical (unpaired) electrons. The topological polar surface area (TPSA) is 81.1 Å². The van der Waals surface area contributed by atoms with E-state index in [9.17, 15) is 19.8 Å². The first-order valence-corrected chi connectivity index (χ1v) is 22.4. The van der Waals surface area contributed by atoms with Gasteiger partial charge >= 0.3 is 5.97 Å². The van der Waals surface area contributed by atoms with Gasteiger partial charge in [0.1, 0.15) is 0 Å². The Kier molecular flexibility index (Phi) is 11.3. The van der Waals surface area contributed by atoms with E-state index in [1.165, 1.54) is 35.1 Å². The molecule has 6 aliphatic carbocycles. The third kappa shape index (κ3) is 6.73. The van der Waals surface area contributed by atoms with Crippen LogP contribution in [0.5, 0.6) is 0 Å². The van der Waals surface area contributed by atoms with Gasteiger partial charge < -0.3 is 15.1 Å². The molecule has 1 unspecified atom stereocenters. The molecular formula is C49H71ClN2O4. The summed E-state index contributed by atoms with van der Waals surface area (Å²) in [6.45, 7) is 20.2. The van der Waals surface area contributed by atoms with E-state index in [4.69, 9.17) is 11.6 Å². The maximum absolute atomic E-state index is 14.3. The fraction of sp³-hybridized carbons (Fsp3) is 0.714. The lowest BCUT2D eigenvalue weighted by atomic mass is 9.33. The summed E-state index contributed by atoms with van der Waals surface area (Å²) in [5.74, 6) is 0.914. The Morgan fingerprint density at radius 3 is 2.25 bits per heavy atom. The number of rotatable bonds is 11. The molecule has 1 aromatic carbocycles. The first kappa shape index (κ1) is 41.9. The Labute approximate surface area is 343 Å². The number of ketones is 1. The Morgan fingerprint density at radius 2 is 1.62 bits per heavy atom. The summed E-state index contributed by atoms with van der Waals surface area (Å²) in [5.41, 5.74) is 6.27. The minimum atomic E-state index is -0.663. The van der Waals surface area contributed by atoms with Gasteiger partial charge in [-0.1, -0.05) is 89.9 Å². The summed E-state index contributed by atoms with van der Waals surface area (Å²) in [6, 6.07) is 8.07. The predicted octanol–water partition coefficient (Wildman–Crippen LogP) is 10.4. The number of carbonyl (C=O) groups is 2. The molecule has 3 saturated carbocycles. The highest BCUT2D eigenvalue weighted by Gasteiger charge is 2.70. The van der Waals surface area contributed by atoms with Crippen LogP contribution in [0.1, 0.15) is 125 Å². The number of carboxylic acid groups (broad SMARTS) is 1. The van der Waals surface area contributed by atoms with Crippen LogP contribution in [0.4, 0.5) is 0 Å². The average molecular weight is 788 g/mol. The molecule has 6 nitrogen and oxygen atoms in total. The van der Waals surface area contributed by atoms with Crippen LogP contribution in [0.25, 0.3) is 0 Å². The maximum atomic E-state index is 14.3. The summed E-state index contributed by atoms with van der Waals surface area (Å²) in [6.07, 6.45) is 14.5. The fourth-order valence-electron chi connectivity index (χ4n) is 14.4. The standard InChI is InChI=1S/C49H71ClN2O4/c1-31(2)42-38(53)28-49(41(54)30-52(27-26-51(8)9)29-32-10-16-35(50)17-11-32)25-24-47(6)37(43(42)49)18-19-40-46(5)22-20-36(33-12-14-34(15-13-33)44(55)56)45(3,4)39(46)21-23-48(40,47)7/h10-12,16-17,20,31,34,37,39-41,54H,13-15,18-19,21-30H2,1-9H3,(H,55,56)/t34?,37-,39+,40-,41+,46+,47-,48-,49+/m1/s1. The molecule has 7 rings (SSSR count). The van der Waals surface area contributed by atoms with Gasteiger partial charge in [0, 0.05) is 43.0 Å². The first-order valence-electron chi connectivity index (χ1n) is 22.0. The second-order valence-corrected chi connectivity index (χ2v) is 21.6. The number of aliphatic hydroxyl groups excluding tert-OH is 1. The van der Waals surface area contributed by atoms with Crippen LogP contribution in [0.2, 0.25) is 5.02 Å². The van der Waals surface area contributed by atoms with E-state index in [0.29, 0.717) is 37.1 Å². The van der Waals surface area contributed by atoms with Crippen LogP contribution in [0.15, 0.2) is 58.7 Å². The summed E-state index contributed by atoms with van der Waals surface area (Å²) in [5, 5.41) is 23.1. The average Bonchev–Trinajstić information content (AvgIpc) is 3.45. The van der Waals surface area contributed by atoms with Crippen LogP contribution in [0, 0.1) is 56.7 Å². The van der Waals surface area contributed by atoms with Crippen molar-refractivity contribution in [3.8, 4) is 0 Å². The number of hydrogen-bond acceptors (Lipinski definition) is 5. The lowest BCUT2D eigenvalue weighted by Crippen LogP contribution is -2.65. The van der Waals surface area contributed by atoms with Gasteiger partial charge in [0.05, 0.1) is 12.0 Å². The van der Waals surface area contributed by atoms with Crippen molar-refractivity contribution >= 4 is 23.4 Å². The van der Waals surface area contributed by atoms with Gasteiger partial charge in [-0.25, -0.2) is 0 Å². The summed E-state index contributed by atoms with van der Waals surface area (Å²) in [4.78, 5) is 30.7. The van der Waals surface area contributed by atoms with Crippen molar-refractivity contribution in [3.05, 3.63) is 69.3 Å². The Hall–Kier alpha value is -2.25. The Balaban J connectivity index is 1.20. The van der Waals surface area contributed by atoms with Gasteiger partial charge in [-0.3, -0.25) is 14.5 Å². The zero-order chi connectivity index (χ0) is 40.6. The molecule has 3 fully saturated rings. The quantitative estimate of drug-likeness (QED) is 0.233. The van der Waals surface area contributed by atoms with Crippen LogP contribution in [-0.4, -0.2) is 71.6 Å². The maximum Gasteiger partial charge on any atom is 0.306 e. The molecule has 0 saturated heterocycles. The number of aliphatic hydroxyl groups is 1. The van der Waals surface area contributed by atoms with Crippen molar-refractivity contribution in [3.63, 3.8) is 0 Å². The highest BCUT2D eigenvalue weighted by molar-refractivity contribution is 6.30. The normalized spacial score (nSPS) is 37.1. The van der Waals surface area contributed by atoms with Crippen molar-refractivity contribution in [1.82, 2.24) is 9.80 Å². The van der Waals surface area contributed by atoms with Crippen LogP contribution < -0.4 is 0 Å². The molecule has 1 aromatic rings. The zero-order valence-corrected chi connectivity index (χ0v) is 36.8. The number of benzene rings is 1. The van der Waals surface area contributed by atoms with E-state index in [1.54, 1.807) is 0 Å². The minimum absolute atomic E-state index is 0.0233. The van der Waals surface area contributed by atoms with Crippen molar-refractivity contribution in [2.45, 2.75) is 132 Å². The third-order valence-corrected chi connectivity index (χ3v) is 17.7. The van der Waals surface area contributed by atoms with Crippen molar-refractivity contribution in [1.29, 1.82) is 0 Å². The molecule has 7 heteroatoms. The highest BCUT2D eigenvalue weighted by Crippen LogP contribution is 2.77. The lowest BCUT2D eigenvalue weighted by molar-refractivity contribution is -0.202. The zero-order valence-electron chi connectivity index (χ0n) is 36.0. The van der Waals surface area contributed by atoms with Crippen molar-refractivity contribution in [2.24, 2.45) is 56.7 Å².